The maximum Gasteiger partial charge on any atom is 0.287 e. The molecular formula is C32H29ClN4O3. The van der Waals surface area contributed by atoms with Gasteiger partial charge in [-0.3, -0.25) is 9.59 Å². The van der Waals surface area contributed by atoms with Gasteiger partial charge >= 0.3 is 0 Å². The van der Waals surface area contributed by atoms with Gasteiger partial charge in [-0.25, -0.2) is 5.43 Å². The summed E-state index contributed by atoms with van der Waals surface area (Å²) in [7, 11) is 3.90. The van der Waals surface area contributed by atoms with Gasteiger partial charge in [0.05, 0.1) is 6.21 Å². The summed E-state index contributed by atoms with van der Waals surface area (Å²) in [4.78, 5) is 27.8. The monoisotopic (exact) mass is 552 g/mol. The number of carbonyl (C=O) groups excluding carboxylic acids is 2. The van der Waals surface area contributed by atoms with Crippen molar-refractivity contribution in [3.8, 4) is 5.75 Å². The molecule has 0 radical (unpaired) electrons. The third-order valence-electron chi connectivity index (χ3n) is 5.86. The van der Waals surface area contributed by atoms with Gasteiger partial charge in [0.2, 0.25) is 0 Å². The normalized spacial score (nSPS) is 11.2. The molecule has 0 aliphatic rings. The minimum absolute atomic E-state index is 0.0620. The van der Waals surface area contributed by atoms with Crippen LogP contribution in [0, 0.1) is 0 Å². The highest BCUT2D eigenvalue weighted by molar-refractivity contribution is 6.31. The van der Waals surface area contributed by atoms with E-state index < -0.39 is 11.8 Å². The first-order chi connectivity index (χ1) is 19.4. The number of nitrogens with zero attached hydrogens (tertiary/aromatic N) is 2. The van der Waals surface area contributed by atoms with E-state index in [9.17, 15) is 9.59 Å². The van der Waals surface area contributed by atoms with Crippen LogP contribution >= 0.6 is 11.6 Å². The minimum Gasteiger partial charge on any atom is -0.489 e. The fraction of sp³-hybridized carbons (Fsp3) is 0.0938. The number of hydrogen-bond donors (Lipinski definition) is 2. The quantitative estimate of drug-likeness (QED) is 0.146. The van der Waals surface area contributed by atoms with Gasteiger partial charge in [-0.15, -0.1) is 0 Å². The highest BCUT2D eigenvalue weighted by Crippen LogP contribution is 2.19. The Morgan fingerprint density at radius 1 is 0.850 bits per heavy atom. The van der Waals surface area contributed by atoms with Gasteiger partial charge in [-0.05, 0) is 71.8 Å². The summed E-state index contributed by atoms with van der Waals surface area (Å²) >= 11 is 6.18. The van der Waals surface area contributed by atoms with Gasteiger partial charge in [0.1, 0.15) is 18.1 Å². The molecule has 0 spiro atoms. The summed E-state index contributed by atoms with van der Waals surface area (Å²) < 4.78 is 5.80. The molecular weight excluding hydrogens is 524 g/mol. The van der Waals surface area contributed by atoms with E-state index in [2.05, 4.69) is 15.8 Å². The predicted molar refractivity (Wildman–Crippen MR) is 161 cm³/mol. The van der Waals surface area contributed by atoms with Crippen LogP contribution in [0.4, 0.5) is 5.69 Å². The molecule has 0 aliphatic heterocycles. The molecule has 2 amide bonds. The van der Waals surface area contributed by atoms with Crippen LogP contribution in [-0.2, 0) is 11.4 Å². The largest absolute Gasteiger partial charge is 0.489 e. The standard InChI is InChI=1S/C32H29ClN4O3/c1-37(2)27-16-12-23(13-17-27)20-30(35-31(38)25-8-4-3-5-9-25)32(39)36-34-21-24-14-18-28(19-15-24)40-22-26-10-6-7-11-29(26)33/h3-21H,22H2,1-2H3,(H,35,38)(H,36,39)/b30-20-,34-21-. The van der Waals surface area contributed by atoms with Gasteiger partial charge in [-0.1, -0.05) is 60.1 Å². The minimum atomic E-state index is -0.558. The van der Waals surface area contributed by atoms with Gasteiger partial charge < -0.3 is 15.0 Å². The molecule has 0 fully saturated rings. The number of anilines is 1. The summed E-state index contributed by atoms with van der Waals surface area (Å²) in [6.45, 7) is 0.352. The fourth-order valence-corrected chi connectivity index (χ4v) is 3.82. The molecule has 0 bridgehead atoms. The van der Waals surface area contributed by atoms with Crippen molar-refractivity contribution in [2.24, 2.45) is 5.10 Å². The maximum atomic E-state index is 13.0. The number of hydrazone groups is 1. The maximum absolute atomic E-state index is 13.0. The van der Waals surface area contributed by atoms with Gasteiger partial charge in [0.25, 0.3) is 11.8 Å². The number of hydrogen-bond acceptors (Lipinski definition) is 5. The zero-order valence-electron chi connectivity index (χ0n) is 22.2. The van der Waals surface area contributed by atoms with Gasteiger partial charge in [-0.2, -0.15) is 5.10 Å². The van der Waals surface area contributed by atoms with E-state index >= 15 is 0 Å². The Morgan fingerprint density at radius 3 is 2.17 bits per heavy atom. The van der Waals surface area contributed by atoms with Crippen molar-refractivity contribution in [1.82, 2.24) is 10.7 Å². The van der Waals surface area contributed by atoms with Crippen LogP contribution in [0.3, 0.4) is 0 Å². The van der Waals surface area contributed by atoms with E-state index in [1.807, 2.05) is 97.9 Å². The van der Waals surface area contributed by atoms with E-state index in [0.717, 1.165) is 22.4 Å². The van der Waals surface area contributed by atoms with E-state index in [4.69, 9.17) is 16.3 Å². The first-order valence-electron chi connectivity index (χ1n) is 12.5. The Balaban J connectivity index is 1.42. The van der Waals surface area contributed by atoms with Crippen molar-refractivity contribution in [2.75, 3.05) is 19.0 Å². The zero-order chi connectivity index (χ0) is 28.3. The lowest BCUT2D eigenvalue weighted by molar-refractivity contribution is -0.117. The Bertz CT molecular complexity index is 1500. The molecule has 4 aromatic rings. The average Bonchev–Trinajstić information content (AvgIpc) is 2.97. The van der Waals surface area contributed by atoms with Crippen LogP contribution < -0.4 is 20.4 Å². The van der Waals surface area contributed by atoms with E-state index in [-0.39, 0.29) is 5.70 Å². The fourth-order valence-electron chi connectivity index (χ4n) is 3.63. The van der Waals surface area contributed by atoms with Crippen LogP contribution in [0.1, 0.15) is 27.0 Å². The van der Waals surface area contributed by atoms with Crippen molar-refractivity contribution in [2.45, 2.75) is 6.61 Å². The van der Waals surface area contributed by atoms with Crippen molar-refractivity contribution < 1.29 is 14.3 Å². The van der Waals surface area contributed by atoms with Crippen LogP contribution in [0.5, 0.6) is 5.75 Å². The molecule has 7 nitrogen and oxygen atoms in total. The third kappa shape index (κ3) is 8.06. The number of ether oxygens (including phenoxy) is 1. The number of nitrogens with one attached hydrogen (secondary N) is 2. The summed E-state index contributed by atoms with van der Waals surface area (Å²) in [6, 6.07) is 31.1. The van der Waals surface area contributed by atoms with Gasteiger partial charge in [0.15, 0.2) is 0 Å². The van der Waals surface area contributed by atoms with Crippen LogP contribution in [0.25, 0.3) is 6.08 Å². The van der Waals surface area contributed by atoms with Crippen molar-refractivity contribution in [3.63, 3.8) is 0 Å². The highest BCUT2D eigenvalue weighted by atomic mass is 35.5. The molecule has 0 atom stereocenters. The van der Waals surface area contributed by atoms with Crippen molar-refractivity contribution in [1.29, 1.82) is 0 Å². The lowest BCUT2D eigenvalue weighted by Crippen LogP contribution is -2.32. The topological polar surface area (TPSA) is 83.0 Å². The molecule has 0 aromatic heterocycles. The lowest BCUT2D eigenvalue weighted by atomic mass is 10.1. The van der Waals surface area contributed by atoms with Crippen molar-refractivity contribution in [3.05, 3.63) is 136 Å². The van der Waals surface area contributed by atoms with Crippen LogP contribution in [-0.4, -0.2) is 32.1 Å². The molecule has 0 aliphatic carbocycles. The van der Waals surface area contributed by atoms with E-state index in [1.165, 1.54) is 6.21 Å². The summed E-state index contributed by atoms with van der Waals surface area (Å²) in [6.07, 6.45) is 3.12. The number of halogens is 1. The van der Waals surface area contributed by atoms with E-state index in [0.29, 0.717) is 22.9 Å². The molecule has 40 heavy (non-hydrogen) atoms. The molecule has 0 heterocycles. The molecule has 0 saturated heterocycles. The van der Waals surface area contributed by atoms with Crippen LogP contribution in [0.15, 0.2) is 114 Å². The number of carbonyl (C=O) groups is 2. The summed E-state index contributed by atoms with van der Waals surface area (Å²) in [5.74, 6) is -0.282. The second-order valence-electron chi connectivity index (χ2n) is 9.01. The molecule has 202 valence electrons. The van der Waals surface area contributed by atoms with E-state index in [1.54, 1.807) is 30.3 Å². The highest BCUT2D eigenvalue weighted by Gasteiger charge is 2.14. The summed E-state index contributed by atoms with van der Waals surface area (Å²) in [5.41, 5.74) is 6.41. The second-order valence-corrected chi connectivity index (χ2v) is 9.42. The number of amides is 2. The SMILES string of the molecule is CN(C)c1ccc(/C=C(\NC(=O)c2ccccc2)C(=O)N/N=C\c2ccc(OCc3ccccc3Cl)cc2)cc1. The molecule has 0 unspecified atom stereocenters. The van der Waals surface area contributed by atoms with Crippen molar-refractivity contribution >= 4 is 41.4 Å². The predicted octanol–water partition coefficient (Wildman–Crippen LogP) is 5.91. The third-order valence-corrected chi connectivity index (χ3v) is 6.23. The Kier molecular flexibility index (Phi) is 9.69. The smallest absolute Gasteiger partial charge is 0.287 e. The van der Waals surface area contributed by atoms with Gasteiger partial charge in [0, 0.05) is 35.9 Å². The van der Waals surface area contributed by atoms with Crippen LogP contribution in [0.2, 0.25) is 5.02 Å². The molecule has 4 aromatic carbocycles. The first-order valence-corrected chi connectivity index (χ1v) is 12.9. The first kappa shape index (κ1) is 28.1. The Hall–Kier alpha value is -4.88. The molecule has 2 N–H and O–H groups in total. The molecule has 4 rings (SSSR count). The second kappa shape index (κ2) is 13.8. The number of benzene rings is 4. The molecule has 8 heteroatoms. The Labute approximate surface area is 238 Å². The summed E-state index contributed by atoms with van der Waals surface area (Å²) in [5, 5.41) is 7.43. The number of rotatable bonds is 10. The lowest BCUT2D eigenvalue weighted by Gasteiger charge is -2.12. The average molecular weight is 553 g/mol. The zero-order valence-corrected chi connectivity index (χ0v) is 22.9. The Morgan fingerprint density at radius 2 is 1.50 bits per heavy atom. The molecule has 0 saturated carbocycles.